The lowest BCUT2D eigenvalue weighted by Gasteiger charge is -2.33. The summed E-state index contributed by atoms with van der Waals surface area (Å²) in [6.07, 6.45) is 2.69. The topological polar surface area (TPSA) is 57.5 Å². The summed E-state index contributed by atoms with van der Waals surface area (Å²) < 4.78 is 5.57. The fourth-order valence-corrected chi connectivity index (χ4v) is 3.54. The Hall–Kier alpha value is -1.33. The van der Waals surface area contributed by atoms with Crippen molar-refractivity contribution in [1.82, 2.24) is 15.5 Å². The third-order valence-electron chi connectivity index (χ3n) is 4.32. The summed E-state index contributed by atoms with van der Waals surface area (Å²) in [6, 6.07) is 3.93. The van der Waals surface area contributed by atoms with Gasteiger partial charge in [0.2, 0.25) is 5.91 Å². The zero-order valence-electron chi connectivity index (χ0n) is 17.1. The van der Waals surface area contributed by atoms with Gasteiger partial charge in [0.05, 0.1) is 18.8 Å². The predicted octanol–water partition coefficient (Wildman–Crippen LogP) is 3.58. The van der Waals surface area contributed by atoms with Gasteiger partial charge in [0.15, 0.2) is 0 Å². The summed E-state index contributed by atoms with van der Waals surface area (Å²) in [4.78, 5) is 14.6. The van der Waals surface area contributed by atoms with Crippen molar-refractivity contribution in [3.8, 4) is 0 Å². The van der Waals surface area contributed by atoms with Crippen LogP contribution in [0.1, 0.15) is 66.7 Å². The van der Waals surface area contributed by atoms with E-state index >= 15 is 0 Å². The number of nitrogens with zero attached hydrogens (tertiary/aromatic N) is 1. The number of carbonyl (C=O) groups is 1. The number of likely N-dealkylation sites (N-methyl/N-ethyl adjacent to an activating group) is 1. The second-order valence-electron chi connectivity index (χ2n) is 8.53. The molecule has 0 aliphatic rings. The Balaban J connectivity index is 2.55. The molecule has 25 heavy (non-hydrogen) atoms. The molecule has 0 saturated heterocycles. The molecule has 5 heteroatoms. The van der Waals surface area contributed by atoms with E-state index in [1.54, 1.807) is 6.26 Å². The van der Waals surface area contributed by atoms with Crippen molar-refractivity contribution >= 4 is 5.91 Å². The molecule has 1 aromatic rings. The van der Waals surface area contributed by atoms with Crippen molar-refractivity contribution in [2.45, 2.75) is 66.5 Å². The summed E-state index contributed by atoms with van der Waals surface area (Å²) in [5.41, 5.74) is 0.148. The van der Waals surface area contributed by atoms with E-state index in [2.05, 4.69) is 64.0 Å². The molecular formula is C20H37N3O2. The maximum absolute atomic E-state index is 12.3. The molecule has 0 aliphatic carbocycles. The minimum atomic E-state index is -0.0745. The molecule has 0 saturated carbocycles. The van der Waals surface area contributed by atoms with Crippen LogP contribution in [0.4, 0.5) is 0 Å². The van der Waals surface area contributed by atoms with Crippen molar-refractivity contribution in [2.24, 2.45) is 5.41 Å². The van der Waals surface area contributed by atoms with Crippen molar-refractivity contribution in [2.75, 3.05) is 26.2 Å². The molecule has 0 bridgehead atoms. The Morgan fingerprint density at radius 2 is 1.84 bits per heavy atom. The number of hydrogen-bond acceptors (Lipinski definition) is 4. The fraction of sp³-hybridized carbons (Fsp3) is 0.750. The molecule has 144 valence electrons. The molecule has 0 aromatic carbocycles. The Labute approximate surface area is 153 Å². The molecule has 1 rings (SSSR count). The largest absolute Gasteiger partial charge is 0.468 e. The first-order valence-electron chi connectivity index (χ1n) is 9.37. The number of furan rings is 1. The highest BCUT2D eigenvalue weighted by Gasteiger charge is 2.26. The van der Waals surface area contributed by atoms with Crippen molar-refractivity contribution in [3.05, 3.63) is 24.2 Å². The highest BCUT2D eigenvalue weighted by molar-refractivity contribution is 5.78. The van der Waals surface area contributed by atoms with Crippen LogP contribution in [0.25, 0.3) is 0 Å². The van der Waals surface area contributed by atoms with E-state index in [-0.39, 0.29) is 22.9 Å². The third-order valence-corrected chi connectivity index (χ3v) is 4.32. The molecule has 1 atom stereocenters. The van der Waals surface area contributed by atoms with Gasteiger partial charge in [0.1, 0.15) is 5.76 Å². The van der Waals surface area contributed by atoms with E-state index in [9.17, 15) is 4.79 Å². The molecule has 0 unspecified atom stereocenters. The molecule has 0 radical (unpaired) electrons. The average molecular weight is 352 g/mol. The maximum atomic E-state index is 12.3. The first kappa shape index (κ1) is 21.7. The second kappa shape index (κ2) is 9.39. The fourth-order valence-electron chi connectivity index (χ4n) is 3.54. The minimum Gasteiger partial charge on any atom is -0.468 e. The van der Waals surface area contributed by atoms with Gasteiger partial charge in [-0.15, -0.1) is 0 Å². The number of rotatable bonds is 10. The Kier molecular flexibility index (Phi) is 8.16. The van der Waals surface area contributed by atoms with Crippen LogP contribution in [-0.2, 0) is 4.79 Å². The van der Waals surface area contributed by atoms with E-state index < -0.39 is 0 Å². The van der Waals surface area contributed by atoms with Crippen molar-refractivity contribution in [3.63, 3.8) is 0 Å². The first-order valence-corrected chi connectivity index (χ1v) is 9.37. The summed E-state index contributed by atoms with van der Waals surface area (Å²) in [6.45, 7) is 17.9. The lowest BCUT2D eigenvalue weighted by Crippen LogP contribution is -2.48. The van der Waals surface area contributed by atoms with E-state index in [0.717, 1.165) is 25.3 Å². The molecule has 5 nitrogen and oxygen atoms in total. The Morgan fingerprint density at radius 1 is 1.20 bits per heavy atom. The molecule has 2 N–H and O–H groups in total. The van der Waals surface area contributed by atoms with Crippen LogP contribution in [0.15, 0.2) is 22.8 Å². The monoisotopic (exact) mass is 351 g/mol. The van der Waals surface area contributed by atoms with Gasteiger partial charge >= 0.3 is 0 Å². The van der Waals surface area contributed by atoms with E-state index in [4.69, 9.17) is 4.42 Å². The third kappa shape index (κ3) is 8.06. The first-order chi connectivity index (χ1) is 11.6. The van der Waals surface area contributed by atoms with Crippen LogP contribution >= 0.6 is 0 Å². The van der Waals surface area contributed by atoms with Crippen LogP contribution in [0.3, 0.4) is 0 Å². The number of amides is 1. The van der Waals surface area contributed by atoms with Gasteiger partial charge in [0, 0.05) is 12.1 Å². The SMILES string of the molecule is CCN(CC)[C@@H](CNC(=O)CNC(C)(C)CC(C)(C)C)c1ccco1. The predicted molar refractivity (Wildman–Crippen MR) is 104 cm³/mol. The Bertz CT molecular complexity index is 500. The zero-order valence-corrected chi connectivity index (χ0v) is 17.1. The van der Waals surface area contributed by atoms with E-state index in [1.807, 2.05) is 12.1 Å². The molecule has 0 fully saturated rings. The molecule has 1 amide bonds. The van der Waals surface area contributed by atoms with Crippen LogP contribution in [0.5, 0.6) is 0 Å². The summed E-state index contributed by atoms with van der Waals surface area (Å²) in [5.74, 6) is 0.913. The highest BCUT2D eigenvalue weighted by Crippen LogP contribution is 2.26. The molecule has 0 aliphatic heterocycles. The van der Waals surface area contributed by atoms with Crippen LogP contribution in [0, 0.1) is 5.41 Å². The van der Waals surface area contributed by atoms with Gasteiger partial charge in [-0.1, -0.05) is 34.6 Å². The van der Waals surface area contributed by atoms with Gasteiger partial charge in [-0.3, -0.25) is 9.69 Å². The van der Waals surface area contributed by atoms with Crippen LogP contribution in [0.2, 0.25) is 0 Å². The second-order valence-corrected chi connectivity index (χ2v) is 8.53. The van der Waals surface area contributed by atoms with Crippen molar-refractivity contribution in [1.29, 1.82) is 0 Å². The highest BCUT2D eigenvalue weighted by atomic mass is 16.3. The normalized spacial score (nSPS) is 13.9. The minimum absolute atomic E-state index is 0.0192. The average Bonchev–Trinajstić information content (AvgIpc) is 3.01. The lowest BCUT2D eigenvalue weighted by molar-refractivity contribution is -0.120. The maximum Gasteiger partial charge on any atom is 0.234 e. The van der Waals surface area contributed by atoms with Gasteiger partial charge in [-0.2, -0.15) is 0 Å². The smallest absolute Gasteiger partial charge is 0.234 e. The standard InChI is InChI=1S/C20H37N3O2/c1-8-23(9-2)16(17-11-10-12-25-17)13-21-18(24)14-22-20(6,7)15-19(3,4)5/h10-12,16,22H,8-9,13-15H2,1-7H3,(H,21,24)/t16-/m0/s1. The van der Waals surface area contributed by atoms with Gasteiger partial charge in [-0.05, 0) is 50.9 Å². The number of nitrogens with one attached hydrogen (secondary N) is 2. The summed E-state index contributed by atoms with van der Waals surface area (Å²) >= 11 is 0. The zero-order chi connectivity index (χ0) is 19.1. The van der Waals surface area contributed by atoms with Crippen LogP contribution < -0.4 is 10.6 Å². The van der Waals surface area contributed by atoms with E-state index in [0.29, 0.717) is 13.1 Å². The number of carbonyl (C=O) groups excluding carboxylic acids is 1. The van der Waals surface area contributed by atoms with Gasteiger partial charge in [-0.25, -0.2) is 0 Å². The summed E-state index contributed by atoms with van der Waals surface area (Å²) in [5, 5.41) is 6.43. The van der Waals surface area contributed by atoms with Crippen LogP contribution in [-0.4, -0.2) is 42.5 Å². The molecule has 0 spiro atoms. The van der Waals surface area contributed by atoms with Gasteiger partial charge in [0.25, 0.3) is 0 Å². The quantitative estimate of drug-likeness (QED) is 0.676. The van der Waals surface area contributed by atoms with Gasteiger partial charge < -0.3 is 15.1 Å². The molecule has 1 heterocycles. The van der Waals surface area contributed by atoms with Crippen molar-refractivity contribution < 1.29 is 9.21 Å². The number of hydrogen-bond donors (Lipinski definition) is 2. The van der Waals surface area contributed by atoms with E-state index in [1.165, 1.54) is 0 Å². The lowest BCUT2D eigenvalue weighted by atomic mass is 9.82. The summed E-state index contributed by atoms with van der Waals surface area (Å²) in [7, 11) is 0. The molecule has 1 aromatic heterocycles. The molecular weight excluding hydrogens is 314 g/mol. The Morgan fingerprint density at radius 3 is 2.32 bits per heavy atom.